The van der Waals surface area contributed by atoms with Crippen molar-refractivity contribution in [1.29, 1.82) is 0 Å². The Morgan fingerprint density at radius 2 is 2.17 bits per heavy atom. The molecule has 1 aromatic carbocycles. The van der Waals surface area contributed by atoms with Gasteiger partial charge in [-0.2, -0.15) is 0 Å². The smallest absolute Gasteiger partial charge is 0.256 e. The number of anilines is 1. The Kier molecular flexibility index (Phi) is 3.02. The van der Waals surface area contributed by atoms with Gasteiger partial charge in [0, 0.05) is 22.3 Å². The van der Waals surface area contributed by atoms with Crippen LogP contribution in [0.3, 0.4) is 0 Å². The highest BCUT2D eigenvalue weighted by Crippen LogP contribution is 2.36. The van der Waals surface area contributed by atoms with Gasteiger partial charge in [0.1, 0.15) is 5.75 Å². The molecule has 3 aromatic rings. The number of carbonyl (C=O) groups is 1. The van der Waals surface area contributed by atoms with E-state index >= 15 is 0 Å². The van der Waals surface area contributed by atoms with E-state index in [0.29, 0.717) is 5.57 Å². The van der Waals surface area contributed by atoms with E-state index in [-0.39, 0.29) is 5.91 Å². The molecule has 0 fully saturated rings. The number of hydrogen-bond acceptors (Lipinski definition) is 4. The van der Waals surface area contributed by atoms with Crippen LogP contribution in [0.1, 0.15) is 21.8 Å². The van der Waals surface area contributed by atoms with Crippen molar-refractivity contribution in [3.63, 3.8) is 0 Å². The summed E-state index contributed by atoms with van der Waals surface area (Å²) in [4.78, 5) is 19.1. The fourth-order valence-electron chi connectivity index (χ4n) is 2.83. The zero-order chi connectivity index (χ0) is 16.1. The fourth-order valence-corrected chi connectivity index (χ4v) is 3.71. The Morgan fingerprint density at radius 1 is 1.35 bits per heavy atom. The van der Waals surface area contributed by atoms with Crippen molar-refractivity contribution >= 4 is 39.5 Å². The molecule has 1 amide bonds. The summed E-state index contributed by atoms with van der Waals surface area (Å²) in [7, 11) is 1.62. The van der Waals surface area contributed by atoms with Crippen molar-refractivity contribution in [3.05, 3.63) is 46.2 Å². The molecular formula is C17H15N3O2S. The molecule has 0 spiro atoms. The number of fused-ring (bicyclic) bond motifs is 2. The van der Waals surface area contributed by atoms with Crippen molar-refractivity contribution in [3.8, 4) is 5.75 Å². The number of amides is 1. The minimum atomic E-state index is -0.102. The van der Waals surface area contributed by atoms with Crippen LogP contribution in [0.4, 0.5) is 5.69 Å². The highest BCUT2D eigenvalue weighted by atomic mass is 32.1. The normalized spacial score (nSPS) is 15.3. The van der Waals surface area contributed by atoms with Crippen molar-refractivity contribution in [2.75, 3.05) is 12.4 Å². The number of carbonyl (C=O) groups excluding carboxylic acids is 1. The van der Waals surface area contributed by atoms with Gasteiger partial charge in [-0.3, -0.25) is 9.20 Å². The van der Waals surface area contributed by atoms with Crippen LogP contribution in [0.2, 0.25) is 0 Å². The summed E-state index contributed by atoms with van der Waals surface area (Å²) in [5.74, 6) is 0.627. The Morgan fingerprint density at radius 3 is 2.96 bits per heavy atom. The number of nitrogens with one attached hydrogen (secondary N) is 1. The quantitative estimate of drug-likeness (QED) is 0.734. The molecule has 6 heteroatoms. The lowest BCUT2D eigenvalue weighted by Crippen LogP contribution is -2.03. The first kappa shape index (κ1) is 14.0. The fraction of sp³-hybridized carbons (Fsp3) is 0.176. The predicted octanol–water partition coefficient (Wildman–Crippen LogP) is 3.51. The minimum Gasteiger partial charge on any atom is -0.497 e. The maximum atomic E-state index is 12.4. The summed E-state index contributed by atoms with van der Waals surface area (Å²) in [6.45, 7) is 4.01. The van der Waals surface area contributed by atoms with Crippen LogP contribution >= 0.6 is 11.3 Å². The van der Waals surface area contributed by atoms with E-state index in [9.17, 15) is 4.79 Å². The van der Waals surface area contributed by atoms with Crippen LogP contribution in [-0.4, -0.2) is 22.4 Å². The lowest BCUT2D eigenvalue weighted by molar-refractivity contribution is -0.110. The van der Waals surface area contributed by atoms with Gasteiger partial charge >= 0.3 is 0 Å². The Bertz CT molecular complexity index is 981. The van der Waals surface area contributed by atoms with Gasteiger partial charge in [0.05, 0.1) is 24.1 Å². The molecule has 0 saturated carbocycles. The van der Waals surface area contributed by atoms with Crippen LogP contribution in [0.25, 0.3) is 16.6 Å². The van der Waals surface area contributed by atoms with Gasteiger partial charge in [-0.05, 0) is 38.1 Å². The summed E-state index contributed by atoms with van der Waals surface area (Å²) in [6.07, 6.45) is 3.95. The molecule has 2 aromatic heterocycles. The number of methoxy groups -OCH3 is 1. The monoisotopic (exact) mass is 325 g/mol. The van der Waals surface area contributed by atoms with Gasteiger partial charge in [-0.15, -0.1) is 11.3 Å². The second-order valence-corrected chi connectivity index (χ2v) is 6.71. The first-order chi connectivity index (χ1) is 11.1. The lowest BCUT2D eigenvalue weighted by Gasteiger charge is -2.03. The number of ether oxygens (including phenoxy) is 1. The Balaban J connectivity index is 1.91. The van der Waals surface area contributed by atoms with Gasteiger partial charge in [0.25, 0.3) is 5.91 Å². The number of nitrogens with zero attached hydrogens (tertiary/aromatic N) is 2. The molecule has 1 N–H and O–H groups in total. The molecule has 23 heavy (non-hydrogen) atoms. The van der Waals surface area contributed by atoms with Crippen LogP contribution < -0.4 is 10.1 Å². The van der Waals surface area contributed by atoms with Crippen molar-refractivity contribution < 1.29 is 9.53 Å². The van der Waals surface area contributed by atoms with Crippen LogP contribution in [0.15, 0.2) is 24.4 Å². The van der Waals surface area contributed by atoms with E-state index in [1.807, 2.05) is 48.7 Å². The number of aromatic nitrogens is 2. The van der Waals surface area contributed by atoms with Crippen LogP contribution in [0.5, 0.6) is 5.75 Å². The SMILES string of the molecule is COc1ccc2c(c1)/C(=C\c1c(C)nc3sc(C)cn13)C(=O)N2. The maximum absolute atomic E-state index is 12.4. The van der Waals surface area contributed by atoms with Gasteiger partial charge < -0.3 is 10.1 Å². The predicted molar refractivity (Wildman–Crippen MR) is 92.0 cm³/mol. The highest BCUT2D eigenvalue weighted by Gasteiger charge is 2.25. The Hall–Kier alpha value is -2.60. The number of imidazole rings is 1. The summed E-state index contributed by atoms with van der Waals surface area (Å²) in [5, 5.41) is 2.89. The van der Waals surface area contributed by atoms with Gasteiger partial charge in [0.2, 0.25) is 0 Å². The molecule has 0 saturated heterocycles. The van der Waals surface area contributed by atoms with E-state index < -0.39 is 0 Å². The molecule has 1 aliphatic rings. The first-order valence-electron chi connectivity index (χ1n) is 7.23. The lowest BCUT2D eigenvalue weighted by atomic mass is 10.1. The molecule has 116 valence electrons. The Labute approximate surface area is 137 Å². The average Bonchev–Trinajstić information content (AvgIpc) is 3.11. The van der Waals surface area contributed by atoms with Crippen molar-refractivity contribution in [2.24, 2.45) is 0 Å². The van der Waals surface area contributed by atoms with Gasteiger partial charge in [-0.25, -0.2) is 4.98 Å². The number of benzene rings is 1. The number of hydrogen-bond donors (Lipinski definition) is 1. The molecule has 1 aliphatic heterocycles. The van der Waals surface area contributed by atoms with E-state index in [1.165, 1.54) is 4.88 Å². The molecule has 0 radical (unpaired) electrons. The minimum absolute atomic E-state index is 0.102. The number of rotatable bonds is 2. The molecule has 3 heterocycles. The molecule has 0 unspecified atom stereocenters. The molecule has 4 rings (SSSR count). The third kappa shape index (κ3) is 2.14. The van der Waals surface area contributed by atoms with Crippen molar-refractivity contribution in [2.45, 2.75) is 13.8 Å². The van der Waals surface area contributed by atoms with Crippen LogP contribution in [-0.2, 0) is 4.79 Å². The standard InChI is InChI=1S/C17H15N3O2S/c1-9-8-20-15(10(2)18-17(20)23-9)7-13-12-6-11(22-3)4-5-14(12)19-16(13)21/h4-8H,1-3H3,(H,19,21)/b13-7+. The molecule has 5 nitrogen and oxygen atoms in total. The summed E-state index contributed by atoms with van der Waals surface area (Å²) in [6, 6.07) is 5.58. The highest BCUT2D eigenvalue weighted by molar-refractivity contribution is 7.17. The summed E-state index contributed by atoms with van der Waals surface area (Å²) < 4.78 is 7.31. The molecular weight excluding hydrogens is 310 g/mol. The van der Waals surface area contributed by atoms with E-state index in [4.69, 9.17) is 4.74 Å². The van der Waals surface area contributed by atoms with E-state index in [2.05, 4.69) is 10.3 Å². The maximum Gasteiger partial charge on any atom is 0.256 e. The summed E-state index contributed by atoms with van der Waals surface area (Å²) in [5.41, 5.74) is 4.14. The summed E-state index contributed by atoms with van der Waals surface area (Å²) >= 11 is 1.64. The zero-order valence-corrected chi connectivity index (χ0v) is 13.8. The van der Waals surface area contributed by atoms with Gasteiger partial charge in [0.15, 0.2) is 4.96 Å². The van der Waals surface area contributed by atoms with E-state index in [0.717, 1.165) is 33.3 Å². The van der Waals surface area contributed by atoms with E-state index in [1.54, 1.807) is 18.4 Å². The van der Waals surface area contributed by atoms with Crippen LogP contribution in [0, 0.1) is 13.8 Å². The topological polar surface area (TPSA) is 55.6 Å². The first-order valence-corrected chi connectivity index (χ1v) is 8.05. The largest absolute Gasteiger partial charge is 0.497 e. The number of thiazole rings is 1. The number of aryl methyl sites for hydroxylation is 2. The molecule has 0 atom stereocenters. The average molecular weight is 325 g/mol. The van der Waals surface area contributed by atoms with Crippen molar-refractivity contribution in [1.82, 2.24) is 9.38 Å². The third-order valence-electron chi connectivity index (χ3n) is 3.95. The second kappa shape index (κ2) is 4.96. The molecule has 0 aliphatic carbocycles. The molecule has 0 bridgehead atoms. The zero-order valence-electron chi connectivity index (χ0n) is 13.0. The second-order valence-electron chi connectivity index (χ2n) is 5.50. The third-order valence-corrected chi connectivity index (χ3v) is 4.85. The van der Waals surface area contributed by atoms with Gasteiger partial charge in [-0.1, -0.05) is 0 Å².